The van der Waals surface area contributed by atoms with E-state index in [1.54, 1.807) is 7.11 Å². The Labute approximate surface area is 104 Å². The quantitative estimate of drug-likeness (QED) is 0.745. The van der Waals surface area contributed by atoms with Crippen molar-refractivity contribution in [2.24, 2.45) is 5.41 Å². The molecule has 1 rings (SSSR count). The second-order valence-corrected chi connectivity index (χ2v) is 5.40. The maximum absolute atomic E-state index is 12.3. The maximum atomic E-state index is 12.3. The molecule has 0 aromatic heterocycles. The van der Waals surface area contributed by atoms with Gasteiger partial charge >= 0.3 is 0 Å². The second kappa shape index (κ2) is 5.46. The summed E-state index contributed by atoms with van der Waals surface area (Å²) in [5.41, 5.74) is 1.78. The first-order valence-corrected chi connectivity index (χ1v) is 6.06. The van der Waals surface area contributed by atoms with Crippen molar-refractivity contribution in [3.8, 4) is 0 Å². The Balaban J connectivity index is 2.94. The van der Waals surface area contributed by atoms with Gasteiger partial charge in [0.05, 0.1) is 0 Å². The van der Waals surface area contributed by atoms with Crippen molar-refractivity contribution in [2.75, 3.05) is 7.11 Å². The molecule has 1 unspecified atom stereocenters. The van der Waals surface area contributed by atoms with Crippen LogP contribution < -0.4 is 0 Å². The summed E-state index contributed by atoms with van der Waals surface area (Å²) >= 11 is 0. The van der Waals surface area contributed by atoms with Crippen LogP contribution in [0.25, 0.3) is 0 Å². The lowest BCUT2D eigenvalue weighted by Gasteiger charge is -2.28. The molecule has 0 N–H and O–H groups in total. The van der Waals surface area contributed by atoms with E-state index in [2.05, 4.69) is 6.92 Å². The van der Waals surface area contributed by atoms with Crippen LogP contribution in [0.3, 0.4) is 0 Å². The van der Waals surface area contributed by atoms with Crippen LogP contribution in [0.1, 0.15) is 43.6 Å². The highest BCUT2D eigenvalue weighted by atomic mass is 16.5. The summed E-state index contributed by atoms with van der Waals surface area (Å²) in [7, 11) is 1.59. The SMILES string of the molecule is CCc1ccc(C(=O)C(OC)C(C)(C)C)cc1. The van der Waals surface area contributed by atoms with E-state index in [0.717, 1.165) is 12.0 Å². The van der Waals surface area contributed by atoms with Gasteiger partial charge in [0.25, 0.3) is 0 Å². The topological polar surface area (TPSA) is 26.3 Å². The number of hydrogen-bond donors (Lipinski definition) is 0. The molecule has 2 nitrogen and oxygen atoms in total. The average molecular weight is 234 g/mol. The van der Waals surface area contributed by atoms with Crippen LogP contribution in [0.15, 0.2) is 24.3 Å². The summed E-state index contributed by atoms with van der Waals surface area (Å²) in [6.07, 6.45) is 0.594. The van der Waals surface area contributed by atoms with Gasteiger partial charge in [-0.2, -0.15) is 0 Å². The van der Waals surface area contributed by atoms with Crippen molar-refractivity contribution in [3.05, 3.63) is 35.4 Å². The number of hydrogen-bond acceptors (Lipinski definition) is 2. The molecule has 0 saturated heterocycles. The maximum Gasteiger partial charge on any atom is 0.192 e. The van der Waals surface area contributed by atoms with Gasteiger partial charge in [-0.1, -0.05) is 52.0 Å². The molecule has 0 aliphatic rings. The highest BCUT2D eigenvalue weighted by Gasteiger charge is 2.31. The minimum atomic E-state index is -0.394. The standard InChI is InChI=1S/C15H22O2/c1-6-11-7-9-12(10-8-11)13(16)14(17-5)15(2,3)4/h7-10,14H,6H2,1-5H3. The summed E-state index contributed by atoms with van der Waals surface area (Å²) in [6, 6.07) is 7.78. The summed E-state index contributed by atoms with van der Waals surface area (Å²) in [4.78, 5) is 12.3. The predicted octanol–water partition coefficient (Wildman–Crippen LogP) is 3.49. The summed E-state index contributed by atoms with van der Waals surface area (Å²) in [6.45, 7) is 8.14. The van der Waals surface area contributed by atoms with Gasteiger partial charge in [0, 0.05) is 12.7 Å². The average Bonchev–Trinajstić information content (AvgIpc) is 2.28. The van der Waals surface area contributed by atoms with Crippen LogP contribution in [0.5, 0.6) is 0 Å². The molecular weight excluding hydrogens is 212 g/mol. The fraction of sp³-hybridized carbons (Fsp3) is 0.533. The highest BCUT2D eigenvalue weighted by molar-refractivity contribution is 6.00. The van der Waals surface area contributed by atoms with E-state index in [9.17, 15) is 4.79 Å². The fourth-order valence-electron chi connectivity index (χ4n) is 1.91. The summed E-state index contributed by atoms with van der Waals surface area (Å²) < 4.78 is 5.34. The molecular formula is C15H22O2. The Bertz CT molecular complexity index is 371. The van der Waals surface area contributed by atoms with Gasteiger partial charge in [0.2, 0.25) is 0 Å². The van der Waals surface area contributed by atoms with Gasteiger partial charge in [0.15, 0.2) is 5.78 Å². The van der Waals surface area contributed by atoms with E-state index >= 15 is 0 Å². The summed E-state index contributed by atoms with van der Waals surface area (Å²) in [5.74, 6) is 0.0580. The molecule has 0 saturated carbocycles. The van der Waals surface area contributed by atoms with Crippen molar-refractivity contribution in [1.29, 1.82) is 0 Å². The number of Topliss-reactive ketones (excluding diaryl/α,β-unsaturated/α-hetero) is 1. The molecule has 0 bridgehead atoms. The van der Waals surface area contributed by atoms with Gasteiger partial charge < -0.3 is 4.74 Å². The van der Waals surface area contributed by atoms with Crippen LogP contribution in [-0.4, -0.2) is 19.0 Å². The molecule has 0 radical (unpaired) electrons. The van der Waals surface area contributed by atoms with E-state index in [4.69, 9.17) is 4.74 Å². The zero-order valence-corrected chi connectivity index (χ0v) is 11.4. The fourth-order valence-corrected chi connectivity index (χ4v) is 1.91. The number of ether oxygens (including phenoxy) is 1. The van der Waals surface area contributed by atoms with E-state index in [1.165, 1.54) is 5.56 Å². The number of methoxy groups -OCH3 is 1. The third-order valence-corrected chi connectivity index (χ3v) is 2.91. The van der Waals surface area contributed by atoms with E-state index in [-0.39, 0.29) is 11.2 Å². The monoisotopic (exact) mass is 234 g/mol. The molecule has 0 heterocycles. The number of benzene rings is 1. The van der Waals surface area contributed by atoms with Gasteiger partial charge in [0.1, 0.15) is 6.10 Å². The van der Waals surface area contributed by atoms with E-state index in [0.29, 0.717) is 0 Å². The lowest BCUT2D eigenvalue weighted by Crippen LogP contribution is -2.36. The molecule has 2 heteroatoms. The Kier molecular flexibility index (Phi) is 4.47. The largest absolute Gasteiger partial charge is 0.373 e. The minimum Gasteiger partial charge on any atom is -0.373 e. The first-order valence-electron chi connectivity index (χ1n) is 6.06. The molecule has 17 heavy (non-hydrogen) atoms. The van der Waals surface area contributed by atoms with Gasteiger partial charge in [-0.15, -0.1) is 0 Å². The van der Waals surface area contributed by atoms with Crippen LogP contribution in [-0.2, 0) is 11.2 Å². The first-order chi connectivity index (χ1) is 7.90. The molecule has 0 spiro atoms. The zero-order valence-electron chi connectivity index (χ0n) is 11.4. The van der Waals surface area contributed by atoms with Crippen molar-refractivity contribution in [3.63, 3.8) is 0 Å². The van der Waals surface area contributed by atoms with Gasteiger partial charge in [-0.3, -0.25) is 4.79 Å². The molecule has 1 aromatic carbocycles. The second-order valence-electron chi connectivity index (χ2n) is 5.40. The molecule has 0 aliphatic heterocycles. The van der Waals surface area contributed by atoms with Gasteiger partial charge in [-0.25, -0.2) is 0 Å². The van der Waals surface area contributed by atoms with Crippen molar-refractivity contribution < 1.29 is 9.53 Å². The third-order valence-electron chi connectivity index (χ3n) is 2.91. The zero-order chi connectivity index (χ0) is 13.1. The molecule has 0 fully saturated rings. The van der Waals surface area contributed by atoms with E-state index < -0.39 is 6.10 Å². The number of carbonyl (C=O) groups is 1. The number of ketones is 1. The molecule has 1 atom stereocenters. The van der Waals surface area contributed by atoms with Crippen LogP contribution in [0.4, 0.5) is 0 Å². The van der Waals surface area contributed by atoms with Crippen LogP contribution >= 0.6 is 0 Å². The Hall–Kier alpha value is -1.15. The van der Waals surface area contributed by atoms with Crippen LogP contribution in [0.2, 0.25) is 0 Å². The Morgan fingerprint density at radius 1 is 1.24 bits per heavy atom. The Morgan fingerprint density at radius 2 is 1.76 bits per heavy atom. The minimum absolute atomic E-state index is 0.0580. The molecule has 1 aromatic rings. The number of carbonyl (C=O) groups excluding carboxylic acids is 1. The molecule has 0 amide bonds. The first kappa shape index (κ1) is 13.9. The lowest BCUT2D eigenvalue weighted by atomic mass is 9.84. The smallest absolute Gasteiger partial charge is 0.192 e. The van der Waals surface area contributed by atoms with Crippen LogP contribution in [0, 0.1) is 5.41 Å². The van der Waals surface area contributed by atoms with Crippen molar-refractivity contribution in [2.45, 2.75) is 40.2 Å². The molecule has 0 aliphatic carbocycles. The van der Waals surface area contributed by atoms with Crippen molar-refractivity contribution >= 4 is 5.78 Å². The van der Waals surface area contributed by atoms with Gasteiger partial charge in [-0.05, 0) is 17.4 Å². The predicted molar refractivity (Wildman–Crippen MR) is 70.4 cm³/mol. The summed E-state index contributed by atoms with van der Waals surface area (Å²) in [5, 5.41) is 0. The number of rotatable bonds is 4. The molecule has 94 valence electrons. The Morgan fingerprint density at radius 3 is 2.12 bits per heavy atom. The third kappa shape index (κ3) is 3.40. The normalized spacial score (nSPS) is 13.5. The highest BCUT2D eigenvalue weighted by Crippen LogP contribution is 2.25. The van der Waals surface area contributed by atoms with Crippen molar-refractivity contribution in [1.82, 2.24) is 0 Å². The van der Waals surface area contributed by atoms with E-state index in [1.807, 2.05) is 45.0 Å². The lowest BCUT2D eigenvalue weighted by molar-refractivity contribution is 0.0196. The number of aryl methyl sites for hydroxylation is 1.